The Morgan fingerprint density at radius 1 is 1.44 bits per heavy atom. The average Bonchev–Trinajstić information content (AvgIpc) is 2.93. The van der Waals surface area contributed by atoms with Crippen LogP contribution in [0.3, 0.4) is 0 Å². The summed E-state index contributed by atoms with van der Waals surface area (Å²) < 4.78 is 0. The summed E-state index contributed by atoms with van der Waals surface area (Å²) in [7, 11) is 4.09. The molecule has 0 spiro atoms. The van der Waals surface area contributed by atoms with Crippen LogP contribution in [0.15, 0.2) is 0 Å². The van der Waals surface area contributed by atoms with Crippen molar-refractivity contribution in [2.45, 2.75) is 26.7 Å². The smallest absolute Gasteiger partial charge is 0.227 e. The Bertz CT molecular complexity index is 257. The zero-order valence-corrected chi connectivity index (χ0v) is 11.0. The maximum atomic E-state index is 11.9. The lowest BCUT2D eigenvalue weighted by atomic mass is 9.92. The highest BCUT2D eigenvalue weighted by Gasteiger charge is 2.48. The van der Waals surface area contributed by atoms with Crippen LogP contribution in [-0.2, 0) is 4.79 Å². The molecule has 94 valence electrons. The van der Waals surface area contributed by atoms with Crippen molar-refractivity contribution >= 4 is 5.91 Å². The maximum Gasteiger partial charge on any atom is 0.227 e. The van der Waals surface area contributed by atoms with Gasteiger partial charge in [0.2, 0.25) is 5.91 Å². The molecule has 0 unspecified atom stereocenters. The van der Waals surface area contributed by atoms with Gasteiger partial charge in [-0.3, -0.25) is 4.79 Å². The third kappa shape index (κ3) is 3.46. The Kier molecular flexibility index (Phi) is 3.97. The van der Waals surface area contributed by atoms with Gasteiger partial charge in [0.05, 0.1) is 5.41 Å². The van der Waals surface area contributed by atoms with E-state index in [-0.39, 0.29) is 16.7 Å². The van der Waals surface area contributed by atoms with Crippen LogP contribution in [0.4, 0.5) is 0 Å². The molecule has 3 N–H and O–H groups in total. The van der Waals surface area contributed by atoms with E-state index >= 15 is 0 Å². The number of nitrogens with one attached hydrogen (secondary N) is 1. The molecule has 4 nitrogen and oxygen atoms in total. The highest BCUT2D eigenvalue weighted by Crippen LogP contribution is 2.44. The number of nitrogens with zero attached hydrogens (tertiary/aromatic N) is 1. The molecular weight excluding hydrogens is 202 g/mol. The zero-order chi connectivity index (χ0) is 12.4. The van der Waals surface area contributed by atoms with Crippen LogP contribution >= 0.6 is 0 Å². The van der Waals surface area contributed by atoms with Gasteiger partial charge in [0.25, 0.3) is 0 Å². The molecule has 1 fully saturated rings. The zero-order valence-electron chi connectivity index (χ0n) is 11.0. The van der Waals surface area contributed by atoms with Gasteiger partial charge in [-0.25, -0.2) is 0 Å². The second-order valence-electron chi connectivity index (χ2n) is 6.07. The minimum Gasteiger partial charge on any atom is -0.355 e. The minimum atomic E-state index is -0.228. The number of hydrogen-bond donors (Lipinski definition) is 2. The highest BCUT2D eigenvalue weighted by atomic mass is 16.2. The van der Waals surface area contributed by atoms with E-state index in [0.717, 1.165) is 19.4 Å². The molecule has 0 aliphatic heterocycles. The van der Waals surface area contributed by atoms with E-state index in [1.807, 2.05) is 14.1 Å². The summed E-state index contributed by atoms with van der Waals surface area (Å²) >= 11 is 0. The van der Waals surface area contributed by atoms with Gasteiger partial charge in [0.15, 0.2) is 0 Å². The number of hydrogen-bond acceptors (Lipinski definition) is 3. The second kappa shape index (κ2) is 4.72. The fourth-order valence-corrected chi connectivity index (χ4v) is 2.09. The van der Waals surface area contributed by atoms with Crippen LogP contribution in [0.25, 0.3) is 0 Å². The van der Waals surface area contributed by atoms with E-state index in [4.69, 9.17) is 5.73 Å². The van der Waals surface area contributed by atoms with Gasteiger partial charge in [-0.05, 0) is 32.4 Å². The summed E-state index contributed by atoms with van der Waals surface area (Å²) in [6.45, 7) is 6.48. The van der Waals surface area contributed by atoms with Gasteiger partial charge in [-0.1, -0.05) is 13.8 Å². The van der Waals surface area contributed by atoms with Crippen LogP contribution in [0, 0.1) is 10.8 Å². The summed E-state index contributed by atoms with van der Waals surface area (Å²) in [5.41, 5.74) is 5.49. The van der Waals surface area contributed by atoms with Gasteiger partial charge in [-0.2, -0.15) is 0 Å². The number of carbonyl (C=O) groups excluding carboxylic acids is 1. The molecule has 0 heterocycles. The summed E-state index contributed by atoms with van der Waals surface area (Å²) in [6, 6.07) is 0. The predicted octanol–water partition coefficient (Wildman–Crippen LogP) is 0.429. The Labute approximate surface area is 98.6 Å². The molecule has 0 aromatic carbocycles. The molecule has 4 heteroatoms. The lowest BCUT2D eigenvalue weighted by Gasteiger charge is -2.29. The van der Waals surface area contributed by atoms with Crippen molar-refractivity contribution in [1.82, 2.24) is 10.2 Å². The molecule has 1 aliphatic carbocycles. The largest absolute Gasteiger partial charge is 0.355 e. The number of carbonyl (C=O) groups is 1. The Balaban J connectivity index is 2.36. The van der Waals surface area contributed by atoms with Crippen molar-refractivity contribution in [3.63, 3.8) is 0 Å². The molecule has 1 saturated carbocycles. The van der Waals surface area contributed by atoms with Crippen molar-refractivity contribution in [1.29, 1.82) is 0 Å². The maximum absolute atomic E-state index is 11.9. The van der Waals surface area contributed by atoms with E-state index in [0.29, 0.717) is 13.1 Å². The van der Waals surface area contributed by atoms with Gasteiger partial charge in [0.1, 0.15) is 0 Å². The Hall–Kier alpha value is -0.610. The standard InChI is InChI=1S/C12H25N3O/c1-11(2,9-15(3)4)8-14-10(16)12(7-13)5-6-12/h5-9,13H2,1-4H3,(H,14,16). The van der Waals surface area contributed by atoms with Crippen LogP contribution in [0.2, 0.25) is 0 Å². The lowest BCUT2D eigenvalue weighted by molar-refractivity contribution is -0.126. The molecule has 16 heavy (non-hydrogen) atoms. The summed E-state index contributed by atoms with van der Waals surface area (Å²) in [5.74, 6) is 0.141. The first kappa shape index (κ1) is 13.5. The Morgan fingerprint density at radius 3 is 2.38 bits per heavy atom. The number of rotatable bonds is 6. The van der Waals surface area contributed by atoms with Crippen LogP contribution in [-0.4, -0.2) is 44.5 Å². The van der Waals surface area contributed by atoms with Crippen molar-refractivity contribution in [3.8, 4) is 0 Å². The Morgan fingerprint density at radius 2 is 2.00 bits per heavy atom. The third-order valence-electron chi connectivity index (χ3n) is 3.20. The van der Waals surface area contributed by atoms with Crippen molar-refractivity contribution in [2.75, 3.05) is 33.7 Å². The van der Waals surface area contributed by atoms with E-state index in [9.17, 15) is 4.79 Å². The first-order chi connectivity index (χ1) is 7.31. The second-order valence-corrected chi connectivity index (χ2v) is 6.07. The van der Waals surface area contributed by atoms with E-state index < -0.39 is 0 Å². The molecule has 0 bridgehead atoms. The fraction of sp³-hybridized carbons (Fsp3) is 0.917. The van der Waals surface area contributed by atoms with Crippen molar-refractivity contribution < 1.29 is 4.79 Å². The van der Waals surface area contributed by atoms with Crippen molar-refractivity contribution in [3.05, 3.63) is 0 Å². The molecular formula is C12H25N3O. The summed E-state index contributed by atoms with van der Waals surface area (Å²) in [6.07, 6.45) is 1.90. The number of nitrogens with two attached hydrogens (primary N) is 1. The van der Waals surface area contributed by atoms with Gasteiger partial charge < -0.3 is 16.0 Å². The summed E-state index contributed by atoms with van der Waals surface area (Å²) in [5, 5.41) is 3.04. The van der Waals surface area contributed by atoms with Crippen LogP contribution in [0.1, 0.15) is 26.7 Å². The predicted molar refractivity (Wildman–Crippen MR) is 66.1 cm³/mol. The van der Waals surface area contributed by atoms with Gasteiger partial charge in [0, 0.05) is 19.6 Å². The number of amides is 1. The molecule has 0 radical (unpaired) electrons. The van der Waals surface area contributed by atoms with E-state index in [1.165, 1.54) is 0 Å². The first-order valence-corrected chi connectivity index (χ1v) is 5.94. The van der Waals surface area contributed by atoms with E-state index in [1.54, 1.807) is 0 Å². The third-order valence-corrected chi connectivity index (χ3v) is 3.20. The molecule has 0 atom stereocenters. The topological polar surface area (TPSA) is 58.4 Å². The molecule has 1 amide bonds. The molecule has 0 aromatic rings. The van der Waals surface area contributed by atoms with Crippen LogP contribution in [0.5, 0.6) is 0 Å². The molecule has 0 saturated heterocycles. The fourth-order valence-electron chi connectivity index (χ4n) is 2.09. The van der Waals surface area contributed by atoms with E-state index in [2.05, 4.69) is 24.1 Å². The molecule has 0 aromatic heterocycles. The minimum absolute atomic E-state index is 0.101. The SMILES string of the molecule is CN(C)CC(C)(C)CNC(=O)C1(CN)CC1. The normalized spacial score (nSPS) is 18.6. The van der Waals surface area contributed by atoms with Crippen molar-refractivity contribution in [2.24, 2.45) is 16.6 Å². The van der Waals surface area contributed by atoms with Crippen LogP contribution < -0.4 is 11.1 Å². The highest BCUT2D eigenvalue weighted by molar-refractivity contribution is 5.85. The quantitative estimate of drug-likeness (QED) is 0.692. The summed E-state index contributed by atoms with van der Waals surface area (Å²) in [4.78, 5) is 14.0. The lowest BCUT2D eigenvalue weighted by Crippen LogP contribution is -2.44. The first-order valence-electron chi connectivity index (χ1n) is 5.94. The van der Waals surface area contributed by atoms with Gasteiger partial charge in [-0.15, -0.1) is 0 Å². The average molecular weight is 227 g/mol. The van der Waals surface area contributed by atoms with Gasteiger partial charge >= 0.3 is 0 Å². The molecule has 1 rings (SSSR count). The molecule has 1 aliphatic rings. The monoisotopic (exact) mass is 227 g/mol.